The van der Waals surface area contributed by atoms with E-state index in [9.17, 15) is 13.2 Å². The predicted octanol–water partition coefficient (Wildman–Crippen LogP) is 2.40. The number of sulfonamides is 1. The van der Waals surface area contributed by atoms with Gasteiger partial charge in [0, 0.05) is 33.6 Å². The molecule has 1 unspecified atom stereocenters. The molecule has 0 N–H and O–H groups in total. The second-order valence-electron chi connectivity index (χ2n) is 8.20. The lowest BCUT2D eigenvalue weighted by Gasteiger charge is -2.32. The van der Waals surface area contributed by atoms with Crippen molar-refractivity contribution >= 4 is 16.1 Å². The third-order valence-corrected chi connectivity index (χ3v) is 7.58. The van der Waals surface area contributed by atoms with Crippen molar-refractivity contribution in [2.75, 3.05) is 40.8 Å². The average Bonchev–Trinajstić information content (AvgIpc) is 3.13. The fourth-order valence-corrected chi connectivity index (χ4v) is 5.75. The summed E-state index contributed by atoms with van der Waals surface area (Å²) in [7, 11) is 1.21. The van der Waals surface area contributed by atoms with Crippen molar-refractivity contribution in [3.63, 3.8) is 0 Å². The number of hydrogen-bond donors (Lipinski definition) is 0. The first-order chi connectivity index (χ1) is 14.7. The van der Waals surface area contributed by atoms with Crippen LogP contribution < -0.4 is 9.47 Å². The summed E-state index contributed by atoms with van der Waals surface area (Å²) in [4.78, 5) is 15.9. The molecule has 1 atom stereocenters. The van der Waals surface area contributed by atoms with E-state index in [0.29, 0.717) is 31.0 Å². The van der Waals surface area contributed by atoms with E-state index in [0.717, 1.165) is 5.56 Å². The molecule has 1 spiro atoms. The Balaban J connectivity index is 1.70. The number of benzene rings is 2. The summed E-state index contributed by atoms with van der Waals surface area (Å²) in [5, 5.41) is 0. The molecular formula is C22H27N3O5S. The number of para-hydroxylation sites is 1. The molecule has 1 saturated heterocycles. The van der Waals surface area contributed by atoms with Crippen LogP contribution in [0.15, 0.2) is 53.4 Å². The number of carbonyl (C=O) groups is 1. The summed E-state index contributed by atoms with van der Waals surface area (Å²) in [6, 6.07) is 13.9. The van der Waals surface area contributed by atoms with Crippen molar-refractivity contribution in [1.29, 1.82) is 0 Å². The number of fused-ring (bicyclic) bond motifs is 1. The molecule has 2 amide bonds. The van der Waals surface area contributed by atoms with E-state index in [-0.39, 0.29) is 24.0 Å². The Kier molecular flexibility index (Phi) is 5.57. The Hall–Kier alpha value is -2.78. The zero-order chi connectivity index (χ0) is 22.2. The maximum absolute atomic E-state index is 13.5. The summed E-state index contributed by atoms with van der Waals surface area (Å²) >= 11 is 0. The largest absolute Gasteiger partial charge is 0.497 e. The molecule has 0 aliphatic carbocycles. The number of urea groups is 1. The molecule has 166 valence electrons. The zero-order valence-corrected chi connectivity index (χ0v) is 18.8. The highest BCUT2D eigenvalue weighted by molar-refractivity contribution is 7.89. The monoisotopic (exact) mass is 445 g/mol. The van der Waals surface area contributed by atoms with Crippen molar-refractivity contribution < 1.29 is 22.7 Å². The molecule has 9 heteroatoms. The van der Waals surface area contributed by atoms with E-state index in [2.05, 4.69) is 0 Å². The molecule has 2 aliphatic rings. The van der Waals surface area contributed by atoms with Crippen molar-refractivity contribution in [3.8, 4) is 11.5 Å². The molecule has 0 radical (unpaired) electrons. The Labute approximate surface area is 183 Å². The summed E-state index contributed by atoms with van der Waals surface area (Å²) in [6.45, 7) is 1.20. The molecule has 31 heavy (non-hydrogen) atoms. The van der Waals surface area contributed by atoms with E-state index in [4.69, 9.17) is 9.47 Å². The number of ether oxygens (including phenoxy) is 2. The van der Waals surface area contributed by atoms with Crippen LogP contribution in [-0.2, 0) is 16.6 Å². The number of nitrogens with zero attached hydrogens (tertiary/aromatic N) is 3. The van der Waals surface area contributed by atoms with Gasteiger partial charge in [-0.15, -0.1) is 0 Å². The topological polar surface area (TPSA) is 79.4 Å². The Morgan fingerprint density at radius 2 is 1.84 bits per heavy atom. The van der Waals surface area contributed by atoms with Gasteiger partial charge in [0.15, 0.2) is 0 Å². The minimum atomic E-state index is -3.79. The molecule has 4 rings (SSSR count). The third kappa shape index (κ3) is 4.07. The van der Waals surface area contributed by atoms with Crippen LogP contribution >= 0.6 is 0 Å². The Morgan fingerprint density at radius 3 is 2.52 bits per heavy atom. The van der Waals surface area contributed by atoms with E-state index < -0.39 is 15.6 Å². The van der Waals surface area contributed by atoms with Gasteiger partial charge in [-0.25, -0.2) is 13.2 Å². The number of carbonyl (C=O) groups excluding carboxylic acids is 1. The number of likely N-dealkylation sites (tertiary alicyclic amines) is 1. The highest BCUT2D eigenvalue weighted by Gasteiger charge is 2.49. The lowest BCUT2D eigenvalue weighted by Crippen LogP contribution is -2.50. The van der Waals surface area contributed by atoms with Crippen LogP contribution in [0.4, 0.5) is 4.79 Å². The summed E-state index contributed by atoms with van der Waals surface area (Å²) < 4.78 is 40.1. The molecule has 2 aliphatic heterocycles. The maximum Gasteiger partial charge on any atom is 0.319 e. The fraction of sp³-hybridized carbons (Fsp3) is 0.409. The quantitative estimate of drug-likeness (QED) is 0.725. The van der Waals surface area contributed by atoms with Crippen molar-refractivity contribution in [1.82, 2.24) is 14.1 Å². The molecule has 0 aromatic heterocycles. The van der Waals surface area contributed by atoms with Crippen LogP contribution in [0, 0.1) is 0 Å². The lowest BCUT2D eigenvalue weighted by atomic mass is 10.0. The molecule has 2 aromatic rings. The normalized spacial score (nSPS) is 22.5. The van der Waals surface area contributed by atoms with Gasteiger partial charge in [-0.1, -0.05) is 24.3 Å². The van der Waals surface area contributed by atoms with Gasteiger partial charge < -0.3 is 19.3 Å². The van der Waals surface area contributed by atoms with Crippen LogP contribution in [0.1, 0.15) is 12.0 Å². The highest BCUT2D eigenvalue weighted by atomic mass is 32.2. The van der Waals surface area contributed by atoms with Crippen molar-refractivity contribution in [2.45, 2.75) is 23.5 Å². The smallest absolute Gasteiger partial charge is 0.319 e. The van der Waals surface area contributed by atoms with Crippen molar-refractivity contribution in [2.24, 2.45) is 0 Å². The first-order valence-corrected chi connectivity index (χ1v) is 11.6. The molecule has 8 nitrogen and oxygen atoms in total. The lowest BCUT2D eigenvalue weighted by molar-refractivity contribution is 0.0594. The minimum absolute atomic E-state index is 0.109. The Morgan fingerprint density at radius 1 is 1.13 bits per heavy atom. The van der Waals surface area contributed by atoms with Gasteiger partial charge in [0.1, 0.15) is 22.0 Å². The second kappa shape index (κ2) is 8.05. The van der Waals surface area contributed by atoms with Gasteiger partial charge in [0.25, 0.3) is 0 Å². The predicted molar refractivity (Wildman–Crippen MR) is 116 cm³/mol. The van der Waals surface area contributed by atoms with Gasteiger partial charge >= 0.3 is 6.03 Å². The Bertz CT molecular complexity index is 1070. The summed E-state index contributed by atoms with van der Waals surface area (Å²) in [5.41, 5.74) is 0.0378. The van der Waals surface area contributed by atoms with E-state index in [1.807, 2.05) is 24.3 Å². The van der Waals surface area contributed by atoms with Crippen LogP contribution in [0.5, 0.6) is 11.5 Å². The molecule has 0 saturated carbocycles. The minimum Gasteiger partial charge on any atom is -0.497 e. The first kappa shape index (κ1) is 21.5. The number of amides is 2. The zero-order valence-electron chi connectivity index (χ0n) is 17.9. The number of methoxy groups -OCH3 is 1. The van der Waals surface area contributed by atoms with Crippen LogP contribution in [0.3, 0.4) is 0 Å². The fourth-order valence-electron chi connectivity index (χ4n) is 4.14. The average molecular weight is 446 g/mol. The van der Waals surface area contributed by atoms with Crippen LogP contribution in [0.25, 0.3) is 0 Å². The highest BCUT2D eigenvalue weighted by Crippen LogP contribution is 2.39. The second-order valence-corrected chi connectivity index (χ2v) is 10.1. The molecule has 0 bridgehead atoms. The van der Waals surface area contributed by atoms with Crippen LogP contribution in [-0.4, -0.2) is 75.0 Å². The van der Waals surface area contributed by atoms with Gasteiger partial charge in [0.2, 0.25) is 10.0 Å². The van der Waals surface area contributed by atoms with Crippen molar-refractivity contribution in [3.05, 3.63) is 54.1 Å². The SMILES string of the molecule is COc1ccc(CN2CC3(CCN(C(=O)N(C)C)C3)Oc3ccccc3S2(=O)=O)cc1. The third-order valence-electron chi connectivity index (χ3n) is 5.75. The van der Waals surface area contributed by atoms with Gasteiger partial charge in [-0.2, -0.15) is 4.31 Å². The van der Waals surface area contributed by atoms with Crippen LogP contribution in [0.2, 0.25) is 0 Å². The van der Waals surface area contributed by atoms with Gasteiger partial charge in [-0.3, -0.25) is 0 Å². The summed E-state index contributed by atoms with van der Waals surface area (Å²) in [5.74, 6) is 1.04. The standard InChI is InChI=1S/C22H27N3O5S/c1-23(2)21(26)24-13-12-22(15-24)16-25(14-17-8-10-18(29-3)11-9-17)31(27,28)20-7-5-4-6-19(20)30-22/h4-11H,12-16H2,1-3H3. The van der Waals surface area contributed by atoms with E-state index in [1.54, 1.807) is 50.4 Å². The van der Waals surface area contributed by atoms with Gasteiger partial charge in [-0.05, 0) is 29.8 Å². The molecule has 2 heterocycles. The molecule has 1 fully saturated rings. The number of hydrogen-bond acceptors (Lipinski definition) is 5. The van der Waals surface area contributed by atoms with E-state index >= 15 is 0 Å². The summed E-state index contributed by atoms with van der Waals surface area (Å²) in [6.07, 6.45) is 0.551. The first-order valence-electron chi connectivity index (χ1n) is 10.1. The molecule has 2 aromatic carbocycles. The van der Waals surface area contributed by atoms with E-state index in [1.165, 1.54) is 9.21 Å². The molecular weight excluding hydrogens is 418 g/mol. The van der Waals surface area contributed by atoms with Gasteiger partial charge in [0.05, 0.1) is 20.2 Å². The number of rotatable bonds is 3. The maximum atomic E-state index is 13.5.